The first-order valence-electron chi connectivity index (χ1n) is 35.6. The fourth-order valence-electron chi connectivity index (χ4n) is 19.7. The van der Waals surface area contributed by atoms with Crippen molar-refractivity contribution in [1.29, 1.82) is 0 Å². The van der Waals surface area contributed by atoms with Crippen LogP contribution in [0.15, 0.2) is 383 Å². The van der Waals surface area contributed by atoms with Gasteiger partial charge in [-0.1, -0.05) is 206 Å². The summed E-state index contributed by atoms with van der Waals surface area (Å²) >= 11 is 0. The van der Waals surface area contributed by atoms with Crippen molar-refractivity contribution >= 4 is 134 Å². The van der Waals surface area contributed by atoms with E-state index in [4.69, 9.17) is 0 Å². The normalized spacial score (nSPS) is 16.8. The highest BCUT2D eigenvalue weighted by Crippen LogP contribution is 2.76. The van der Waals surface area contributed by atoms with Gasteiger partial charge in [-0.25, -0.2) is 0 Å². The number of hydrogen-bond acceptors (Lipinski definition) is 0. The van der Waals surface area contributed by atoms with Crippen LogP contribution in [0.3, 0.4) is 0 Å². The molecule has 0 radical (unpaired) electrons. The van der Waals surface area contributed by atoms with E-state index in [1.807, 2.05) is 0 Å². The summed E-state index contributed by atoms with van der Waals surface area (Å²) in [4.78, 5) is 0. The molecular weight excluding hydrogens is 1290 g/mol. The largest absolute Gasteiger partial charge is 0.298 e. The third kappa shape index (κ3) is 7.68. The first kappa shape index (κ1) is 58.4. The van der Waals surface area contributed by atoms with Crippen LogP contribution in [0.2, 0.25) is 0 Å². The number of benzene rings is 15. The van der Waals surface area contributed by atoms with E-state index in [1.54, 1.807) is 5.30 Å². The molecule has 6 heteroatoms. The van der Waals surface area contributed by atoms with Crippen molar-refractivity contribution in [2.75, 3.05) is 0 Å². The van der Waals surface area contributed by atoms with Crippen LogP contribution in [-0.4, -0.2) is 0 Å². The molecule has 0 saturated heterocycles. The number of rotatable bonds is 6. The van der Waals surface area contributed by atoms with Crippen LogP contribution in [-0.2, 0) is 0 Å². The zero-order chi connectivity index (χ0) is 66.8. The monoisotopic (exact) mass is 1350 g/mol. The highest BCUT2D eigenvalue weighted by Gasteiger charge is 2.71. The minimum Gasteiger partial charge on any atom is -0.157 e. The van der Waals surface area contributed by atoms with Gasteiger partial charge in [-0.2, -0.15) is 13.7 Å². The summed E-state index contributed by atoms with van der Waals surface area (Å²) in [6.07, 6.45) is 6.96. The molecule has 18 aromatic rings. The number of aromatic nitrogens is 3. The van der Waals surface area contributed by atoms with Crippen LogP contribution in [0.4, 0.5) is 0 Å². The lowest BCUT2D eigenvalue weighted by atomic mass is 9.95. The van der Waals surface area contributed by atoms with Gasteiger partial charge in [0.15, 0.2) is 40.4 Å². The summed E-state index contributed by atoms with van der Waals surface area (Å²) in [5.41, 5.74) is 12.8. The average molecular weight is 1350 g/mol. The van der Waals surface area contributed by atoms with E-state index in [1.165, 1.54) is 158 Å². The molecule has 0 N–H and O–H groups in total. The molecule has 6 aliphatic heterocycles. The van der Waals surface area contributed by atoms with Crippen LogP contribution < -0.4 is 61.4 Å². The molecule has 6 aliphatic rings. The molecule has 9 heterocycles. The molecule has 3 nitrogen and oxygen atoms in total. The molecule has 0 saturated carbocycles. The maximum absolute atomic E-state index is 2.61. The quantitative estimate of drug-likeness (QED) is 0.0681. The highest BCUT2D eigenvalue weighted by atomic mass is 31.2. The van der Waals surface area contributed by atoms with Crippen LogP contribution >= 0.6 is 21.8 Å². The number of hydrogen-bond donors (Lipinski definition) is 0. The average Bonchev–Trinajstić information content (AvgIpc) is 1.51. The summed E-state index contributed by atoms with van der Waals surface area (Å²) in [5, 5.41) is 29.9. The summed E-state index contributed by atoms with van der Waals surface area (Å²) in [5.74, 6) is 0.819. The summed E-state index contributed by atoms with van der Waals surface area (Å²) < 4.78 is 7.76. The van der Waals surface area contributed by atoms with Gasteiger partial charge in [0.25, 0.3) is 17.3 Å². The molecular formula is C96H66N3P3+6. The van der Waals surface area contributed by atoms with Gasteiger partial charge in [0.1, 0.15) is 47.7 Å². The van der Waals surface area contributed by atoms with Gasteiger partial charge >= 0.3 is 0 Å². The van der Waals surface area contributed by atoms with Crippen molar-refractivity contribution in [1.82, 2.24) is 0 Å². The van der Waals surface area contributed by atoms with Crippen LogP contribution in [0.25, 0.3) is 98.4 Å². The highest BCUT2D eigenvalue weighted by molar-refractivity contribution is 7.97. The Morgan fingerprint density at radius 3 is 1.21 bits per heavy atom. The molecule has 474 valence electrons. The van der Waals surface area contributed by atoms with Crippen molar-refractivity contribution in [3.63, 3.8) is 0 Å². The number of pyridine rings is 3. The van der Waals surface area contributed by atoms with Crippen LogP contribution in [0, 0.1) is 0 Å². The van der Waals surface area contributed by atoms with Gasteiger partial charge in [0.05, 0.1) is 38.8 Å². The van der Waals surface area contributed by atoms with Crippen LogP contribution in [0.1, 0.15) is 34.0 Å². The van der Waals surface area contributed by atoms with Gasteiger partial charge < -0.3 is 0 Å². The van der Waals surface area contributed by atoms with E-state index in [9.17, 15) is 0 Å². The minimum atomic E-state index is -2.08. The zero-order valence-corrected chi connectivity index (χ0v) is 58.5. The van der Waals surface area contributed by atoms with E-state index in [0.29, 0.717) is 0 Å². The third-order valence-electron chi connectivity index (χ3n) is 23.4. The molecule has 3 atom stereocenters. The summed E-state index contributed by atoms with van der Waals surface area (Å²) in [6.45, 7) is 0. The first-order chi connectivity index (χ1) is 50.7. The maximum atomic E-state index is 2.61. The Labute approximate surface area is 594 Å². The molecule has 0 fully saturated rings. The fraction of sp³-hybridized carbons (Fsp3) is 0.0312. The molecule has 0 bridgehead atoms. The van der Waals surface area contributed by atoms with E-state index < -0.39 is 21.8 Å². The Hall–Kier alpha value is -11.4. The minimum absolute atomic E-state index is 0.271. The van der Waals surface area contributed by atoms with Crippen molar-refractivity contribution < 1.29 is 13.7 Å². The summed E-state index contributed by atoms with van der Waals surface area (Å²) in [6, 6.07) is 136. The first-order valence-corrected chi connectivity index (χ1v) is 41.2. The molecule has 24 rings (SSSR count). The lowest BCUT2D eigenvalue weighted by Crippen LogP contribution is -2.45. The molecule has 0 aliphatic carbocycles. The van der Waals surface area contributed by atoms with Gasteiger partial charge in [-0.15, -0.1) is 0 Å². The van der Waals surface area contributed by atoms with Crippen molar-refractivity contribution in [3.05, 3.63) is 399 Å². The van der Waals surface area contributed by atoms with Gasteiger partial charge in [-0.3, -0.25) is 0 Å². The lowest BCUT2D eigenvalue weighted by molar-refractivity contribution is -0.676. The second-order valence-electron chi connectivity index (χ2n) is 28.0. The van der Waals surface area contributed by atoms with Gasteiger partial charge in [0, 0.05) is 51.9 Å². The Morgan fingerprint density at radius 1 is 0.216 bits per heavy atom. The Bertz CT molecular complexity index is 6390. The topological polar surface area (TPSA) is 11.6 Å². The molecule has 102 heavy (non-hydrogen) atoms. The lowest BCUT2D eigenvalue weighted by Gasteiger charge is -2.26. The zero-order valence-electron chi connectivity index (χ0n) is 55.8. The third-order valence-corrected chi connectivity index (χ3v) is 37.2. The Morgan fingerprint density at radius 2 is 0.627 bits per heavy atom. The van der Waals surface area contributed by atoms with Crippen LogP contribution in [0.5, 0.6) is 0 Å². The molecule has 3 aromatic heterocycles. The molecule has 15 aromatic carbocycles. The SMILES string of the molecule is c1ccc([P+]2(c3ccccc3)c3c4ccccc4cc4ccc5c(c34)C2[n+]2ccccc2-5)cc1.c1ccc([P+]2(c3ccccc3)c3cc4ccccc4c4ccc5c(c34)C2[n+]2ccccc2-5)cc1.c1ccc([P+]2(c3ccccc3)c3cccc4ccc5c(c34)C2[n+]2ccc3ccccc3c2-5)cc1. The second kappa shape index (κ2) is 22.3. The van der Waals surface area contributed by atoms with Crippen molar-refractivity contribution in [2.45, 2.75) is 17.3 Å². The maximum Gasteiger partial charge on any atom is 0.298 e. The standard InChI is InChI=1S/3C32H22NP/c1-3-12-24(13-4-1)34(25-14-5-2-6-15-25)31-26-16-8-7-11-22(26)21-23-18-19-27-28-17-9-10-20-33(28)32(34)30(27)29(23)31;1-3-12-23(13-4-1)34(24-14-5-2-6-15-24)29-21-22-11-7-8-16-25(22)26-18-19-27-28-17-9-10-20-33(28)32(34)31(27)30(26)29;1-3-12-24(13-4-1)34(25-14-5-2-6-15-25)28-17-9-11-23-18-19-27-30(29(23)28)32(34)33-21-20-22-10-7-8-16-26(22)31(27)33/h3*1-21,32H/q3*+2. The van der Waals surface area contributed by atoms with Crippen molar-refractivity contribution in [3.8, 4) is 33.8 Å². The Kier molecular flexibility index (Phi) is 12.8. The number of fused-ring (bicyclic) bond motifs is 15. The van der Waals surface area contributed by atoms with Gasteiger partial charge in [0.2, 0.25) is 17.1 Å². The summed E-state index contributed by atoms with van der Waals surface area (Å²) in [7, 11) is -6.14. The Balaban J connectivity index is 0.0000000967. The second-order valence-corrected chi connectivity index (χ2v) is 38.3. The van der Waals surface area contributed by atoms with Crippen molar-refractivity contribution in [2.24, 2.45) is 0 Å². The molecule has 3 unspecified atom stereocenters. The molecule has 0 spiro atoms. The predicted molar refractivity (Wildman–Crippen MR) is 432 cm³/mol. The number of nitrogens with zero attached hydrogens (tertiary/aromatic N) is 3. The predicted octanol–water partition coefficient (Wildman–Crippen LogP) is 18.3. The van der Waals surface area contributed by atoms with E-state index in [-0.39, 0.29) is 17.3 Å². The van der Waals surface area contributed by atoms with E-state index in [2.05, 4.69) is 396 Å². The fourth-order valence-corrected chi connectivity index (χ4v) is 35.3. The van der Waals surface area contributed by atoms with E-state index >= 15 is 0 Å². The van der Waals surface area contributed by atoms with Gasteiger partial charge in [-0.05, 0) is 165 Å². The van der Waals surface area contributed by atoms with E-state index in [0.717, 1.165) is 0 Å². The smallest absolute Gasteiger partial charge is 0.157 e. The molecule has 0 amide bonds.